The third kappa shape index (κ3) is 2.55. The van der Waals surface area contributed by atoms with Crippen molar-refractivity contribution in [3.63, 3.8) is 0 Å². The number of amides is 1. The van der Waals surface area contributed by atoms with Crippen molar-refractivity contribution in [2.75, 3.05) is 19.6 Å². The molecule has 1 aromatic carbocycles. The maximum absolute atomic E-state index is 12.6. The number of carbonyl (C=O) groups is 1. The summed E-state index contributed by atoms with van der Waals surface area (Å²) >= 11 is 0. The highest BCUT2D eigenvalue weighted by Gasteiger charge is 2.39. The third-order valence-corrected chi connectivity index (χ3v) is 6.05. The van der Waals surface area contributed by atoms with Gasteiger partial charge < -0.3 is 4.90 Å². The molecule has 0 spiro atoms. The molecule has 0 N–H and O–H groups in total. The first-order chi connectivity index (χ1) is 10.0. The van der Waals surface area contributed by atoms with Gasteiger partial charge in [-0.25, -0.2) is 12.8 Å². The van der Waals surface area contributed by atoms with E-state index in [4.69, 9.17) is 0 Å². The molecule has 3 rings (SSSR count). The predicted octanol–water partition coefficient (Wildman–Crippen LogP) is 1.15. The zero-order chi connectivity index (χ0) is 15.0. The third-order valence-electron chi connectivity index (χ3n) is 4.17. The van der Waals surface area contributed by atoms with Crippen molar-refractivity contribution >= 4 is 15.9 Å². The van der Waals surface area contributed by atoms with Crippen LogP contribution in [-0.2, 0) is 21.5 Å². The summed E-state index contributed by atoms with van der Waals surface area (Å²) in [6.07, 6.45) is 1.22. The molecule has 0 saturated carbocycles. The van der Waals surface area contributed by atoms with Gasteiger partial charge in [-0.3, -0.25) is 4.79 Å². The average Bonchev–Trinajstić information content (AvgIpc) is 2.88. The predicted molar refractivity (Wildman–Crippen MR) is 74.7 cm³/mol. The molecule has 1 aromatic rings. The van der Waals surface area contributed by atoms with E-state index < -0.39 is 16.7 Å². The van der Waals surface area contributed by atoms with Gasteiger partial charge in [0.2, 0.25) is 15.9 Å². The lowest BCUT2D eigenvalue weighted by Crippen LogP contribution is -2.53. The summed E-state index contributed by atoms with van der Waals surface area (Å²) in [5.74, 6) is 0.115. The van der Waals surface area contributed by atoms with E-state index in [1.54, 1.807) is 4.90 Å². The van der Waals surface area contributed by atoms with E-state index in [1.807, 2.05) is 0 Å². The number of alkyl halides is 1. The number of nitrogens with zero attached hydrogens (tertiary/aromatic N) is 2. The zero-order valence-electron chi connectivity index (χ0n) is 11.5. The molecule has 2 aliphatic rings. The Hall–Kier alpha value is -1.47. The lowest BCUT2D eigenvalue weighted by molar-refractivity contribution is -0.130. The van der Waals surface area contributed by atoms with Crippen LogP contribution in [0.1, 0.15) is 18.4 Å². The van der Waals surface area contributed by atoms with Crippen LogP contribution in [0.3, 0.4) is 0 Å². The maximum Gasteiger partial charge on any atom is 0.243 e. The highest BCUT2D eigenvalue weighted by atomic mass is 32.2. The molecule has 2 fully saturated rings. The van der Waals surface area contributed by atoms with Gasteiger partial charge in [-0.2, -0.15) is 4.31 Å². The number of halogens is 1. The largest absolute Gasteiger partial charge is 0.337 e. The maximum atomic E-state index is 12.6. The minimum absolute atomic E-state index is 0.00820. The van der Waals surface area contributed by atoms with Crippen molar-refractivity contribution in [3.05, 3.63) is 29.8 Å². The molecule has 2 heterocycles. The van der Waals surface area contributed by atoms with Crippen LogP contribution in [0, 0.1) is 0 Å². The SMILES string of the molecule is O=C1CC[C@@H]2CN(S(=O)(=O)c3ccc(CF)cc3)CCN12. The van der Waals surface area contributed by atoms with E-state index in [0.717, 1.165) is 0 Å². The molecular formula is C14H17FN2O3S. The average molecular weight is 312 g/mol. The van der Waals surface area contributed by atoms with Crippen molar-refractivity contribution < 1.29 is 17.6 Å². The number of piperazine rings is 1. The van der Waals surface area contributed by atoms with Gasteiger partial charge in [-0.1, -0.05) is 12.1 Å². The standard InChI is InChI=1S/C14H17FN2O3S/c15-9-11-1-4-13(5-2-11)21(19,20)16-7-8-17-12(10-16)3-6-14(17)18/h1-2,4-5,12H,3,6-10H2/t12-/m1/s1. The number of sulfonamides is 1. The fraction of sp³-hybridized carbons (Fsp3) is 0.500. The monoisotopic (exact) mass is 312 g/mol. The van der Waals surface area contributed by atoms with Gasteiger partial charge in [-0.15, -0.1) is 0 Å². The second-order valence-electron chi connectivity index (χ2n) is 5.42. The highest BCUT2D eigenvalue weighted by Crippen LogP contribution is 2.26. The number of benzene rings is 1. The Balaban J connectivity index is 1.80. The molecule has 7 heteroatoms. The first-order valence-corrected chi connectivity index (χ1v) is 8.41. The van der Waals surface area contributed by atoms with Crippen LogP contribution >= 0.6 is 0 Å². The summed E-state index contributed by atoms with van der Waals surface area (Å²) in [5.41, 5.74) is 0.458. The fourth-order valence-corrected chi connectivity index (χ4v) is 4.42. The first kappa shape index (κ1) is 14.5. The molecule has 1 atom stereocenters. The first-order valence-electron chi connectivity index (χ1n) is 6.97. The van der Waals surface area contributed by atoms with Crippen LogP contribution in [0.5, 0.6) is 0 Å². The number of carbonyl (C=O) groups excluding carboxylic acids is 1. The van der Waals surface area contributed by atoms with Crippen LogP contribution in [0.25, 0.3) is 0 Å². The summed E-state index contributed by atoms with van der Waals surface area (Å²) in [6.45, 7) is 0.503. The Morgan fingerprint density at radius 1 is 1.19 bits per heavy atom. The van der Waals surface area contributed by atoms with E-state index in [9.17, 15) is 17.6 Å². The van der Waals surface area contributed by atoms with E-state index in [0.29, 0.717) is 38.0 Å². The molecule has 0 unspecified atom stereocenters. The van der Waals surface area contributed by atoms with Crippen molar-refractivity contribution in [2.24, 2.45) is 0 Å². The van der Waals surface area contributed by atoms with Crippen LogP contribution < -0.4 is 0 Å². The zero-order valence-corrected chi connectivity index (χ0v) is 12.4. The lowest BCUT2D eigenvalue weighted by Gasteiger charge is -2.36. The molecule has 2 aliphatic heterocycles. The highest BCUT2D eigenvalue weighted by molar-refractivity contribution is 7.89. The second-order valence-corrected chi connectivity index (χ2v) is 7.36. The lowest BCUT2D eigenvalue weighted by atomic mass is 10.2. The fourth-order valence-electron chi connectivity index (χ4n) is 2.95. The number of hydrogen-bond donors (Lipinski definition) is 0. The molecule has 2 saturated heterocycles. The van der Waals surface area contributed by atoms with E-state index in [-0.39, 0.29) is 16.8 Å². The van der Waals surface area contributed by atoms with Gasteiger partial charge in [0.25, 0.3) is 0 Å². The van der Waals surface area contributed by atoms with Gasteiger partial charge in [0.15, 0.2) is 0 Å². The minimum atomic E-state index is -3.57. The summed E-state index contributed by atoms with van der Waals surface area (Å²) in [6, 6.07) is 5.85. The number of rotatable bonds is 3. The van der Waals surface area contributed by atoms with Crippen molar-refractivity contribution in [2.45, 2.75) is 30.5 Å². The molecule has 1 amide bonds. The minimum Gasteiger partial charge on any atom is -0.337 e. The van der Waals surface area contributed by atoms with Crippen molar-refractivity contribution in [1.82, 2.24) is 9.21 Å². The smallest absolute Gasteiger partial charge is 0.243 e. The van der Waals surface area contributed by atoms with Gasteiger partial charge in [0.1, 0.15) is 6.67 Å². The van der Waals surface area contributed by atoms with Crippen LogP contribution in [0.15, 0.2) is 29.2 Å². The topological polar surface area (TPSA) is 57.7 Å². The van der Waals surface area contributed by atoms with Gasteiger partial charge in [0.05, 0.1) is 4.90 Å². The normalized spacial score (nSPS) is 23.4. The van der Waals surface area contributed by atoms with Crippen LogP contribution in [0.4, 0.5) is 4.39 Å². The molecule has 5 nitrogen and oxygen atoms in total. The molecule has 0 bridgehead atoms. The Bertz CT molecular complexity index is 645. The van der Waals surface area contributed by atoms with Gasteiger partial charge >= 0.3 is 0 Å². The molecule has 0 radical (unpaired) electrons. The Morgan fingerprint density at radius 3 is 2.57 bits per heavy atom. The Morgan fingerprint density at radius 2 is 1.90 bits per heavy atom. The van der Waals surface area contributed by atoms with Crippen LogP contribution in [-0.4, -0.2) is 49.2 Å². The number of fused-ring (bicyclic) bond motifs is 1. The summed E-state index contributed by atoms with van der Waals surface area (Å²) in [4.78, 5) is 13.6. The second kappa shape index (κ2) is 5.38. The Kier molecular flexibility index (Phi) is 3.71. The van der Waals surface area contributed by atoms with Crippen molar-refractivity contribution in [1.29, 1.82) is 0 Å². The van der Waals surface area contributed by atoms with Gasteiger partial charge in [-0.05, 0) is 24.1 Å². The molecular weight excluding hydrogens is 295 g/mol. The van der Waals surface area contributed by atoms with Crippen LogP contribution in [0.2, 0.25) is 0 Å². The number of hydrogen-bond acceptors (Lipinski definition) is 3. The van der Waals surface area contributed by atoms with E-state index >= 15 is 0 Å². The van der Waals surface area contributed by atoms with E-state index in [1.165, 1.54) is 28.6 Å². The quantitative estimate of drug-likeness (QED) is 0.841. The molecule has 21 heavy (non-hydrogen) atoms. The van der Waals surface area contributed by atoms with Gasteiger partial charge in [0, 0.05) is 32.1 Å². The summed E-state index contributed by atoms with van der Waals surface area (Å²) in [7, 11) is -3.57. The summed E-state index contributed by atoms with van der Waals surface area (Å²) in [5, 5.41) is 0. The molecule has 0 aromatic heterocycles. The Labute approximate surface area is 123 Å². The summed E-state index contributed by atoms with van der Waals surface area (Å²) < 4.78 is 39.1. The molecule has 0 aliphatic carbocycles. The van der Waals surface area contributed by atoms with Crippen molar-refractivity contribution in [3.8, 4) is 0 Å². The molecule has 114 valence electrons. The van der Waals surface area contributed by atoms with E-state index in [2.05, 4.69) is 0 Å².